The maximum Gasteiger partial charge on any atom is 0.310 e. The van der Waals surface area contributed by atoms with Crippen LogP contribution in [0.1, 0.15) is 99.8 Å². The van der Waals surface area contributed by atoms with Gasteiger partial charge < -0.3 is 10.2 Å². The van der Waals surface area contributed by atoms with E-state index in [4.69, 9.17) is 0 Å². The molecule has 4 nitrogen and oxygen atoms in total. The van der Waals surface area contributed by atoms with Gasteiger partial charge in [-0.3, -0.25) is 9.59 Å². The first-order valence-corrected chi connectivity index (χ1v) is 13.8. The molecule has 2 unspecified atom stereocenters. The predicted octanol–water partition coefficient (Wildman–Crippen LogP) is 6.27. The van der Waals surface area contributed by atoms with Crippen LogP contribution in [0.15, 0.2) is 11.6 Å². The van der Waals surface area contributed by atoms with E-state index in [0.717, 1.165) is 44.9 Å². The highest BCUT2D eigenvalue weighted by Gasteiger charge is 2.70. The highest BCUT2D eigenvalue weighted by Crippen LogP contribution is 2.75. The zero-order valence-electron chi connectivity index (χ0n) is 22.4. The Morgan fingerprint density at radius 3 is 2.29 bits per heavy atom. The van der Waals surface area contributed by atoms with Crippen molar-refractivity contribution in [2.75, 3.05) is 0 Å². The fourth-order valence-electron chi connectivity index (χ4n) is 10.8. The second-order valence-corrected chi connectivity index (χ2v) is 14.5. The molecule has 0 radical (unpaired) electrons. The number of carboxylic acid groups (broad SMARTS) is 1. The Labute approximate surface area is 206 Å². The molecule has 5 aliphatic rings. The van der Waals surface area contributed by atoms with E-state index in [1.807, 2.05) is 0 Å². The second-order valence-electron chi connectivity index (χ2n) is 14.5. The number of fused-ring (bicyclic) bond motifs is 7. The summed E-state index contributed by atoms with van der Waals surface area (Å²) in [5.41, 5.74) is 0.268. The minimum Gasteiger partial charge on any atom is -0.481 e. The molecule has 10 atom stereocenters. The van der Waals surface area contributed by atoms with E-state index in [0.29, 0.717) is 30.1 Å². The van der Waals surface area contributed by atoms with Gasteiger partial charge in [-0.15, -0.1) is 0 Å². The van der Waals surface area contributed by atoms with Crippen LogP contribution >= 0.6 is 0 Å². The lowest BCUT2D eigenvalue weighted by atomic mass is 9.33. The molecule has 5 aliphatic carbocycles. The molecular weight excluding hydrogens is 424 g/mol. The molecule has 0 aromatic heterocycles. The number of carbonyl (C=O) groups is 2. The van der Waals surface area contributed by atoms with Crippen molar-refractivity contribution in [3.63, 3.8) is 0 Å². The van der Waals surface area contributed by atoms with Crippen LogP contribution in [0.2, 0.25) is 0 Å². The van der Waals surface area contributed by atoms with Gasteiger partial charge in [0.05, 0.1) is 5.41 Å². The zero-order valence-corrected chi connectivity index (χ0v) is 22.4. The molecular formula is C30H46O4. The van der Waals surface area contributed by atoms with Gasteiger partial charge in [0.2, 0.25) is 0 Å². The quantitative estimate of drug-likeness (QED) is 0.443. The molecule has 0 saturated heterocycles. The lowest BCUT2D eigenvalue weighted by Gasteiger charge is -2.71. The Bertz CT molecular complexity index is 949. The van der Waals surface area contributed by atoms with Crippen molar-refractivity contribution < 1.29 is 19.8 Å². The molecule has 0 amide bonds. The van der Waals surface area contributed by atoms with Gasteiger partial charge in [-0.2, -0.15) is 0 Å². The van der Waals surface area contributed by atoms with Crippen molar-refractivity contribution in [3.05, 3.63) is 11.6 Å². The molecule has 4 saturated carbocycles. The molecule has 0 bridgehead atoms. The number of rotatable bonds is 1. The smallest absolute Gasteiger partial charge is 0.310 e. The van der Waals surface area contributed by atoms with Crippen molar-refractivity contribution in [1.82, 2.24) is 0 Å². The lowest BCUT2D eigenvalue weighted by Crippen LogP contribution is -2.66. The maximum atomic E-state index is 13.1. The van der Waals surface area contributed by atoms with E-state index >= 15 is 0 Å². The van der Waals surface area contributed by atoms with Crippen LogP contribution in [-0.2, 0) is 9.59 Å². The van der Waals surface area contributed by atoms with Crippen LogP contribution in [0, 0.1) is 56.7 Å². The molecule has 4 heteroatoms. The third kappa shape index (κ3) is 2.70. The number of ketones is 1. The van der Waals surface area contributed by atoms with Crippen LogP contribution in [0.3, 0.4) is 0 Å². The average molecular weight is 471 g/mol. The van der Waals surface area contributed by atoms with Gasteiger partial charge in [0.25, 0.3) is 0 Å². The van der Waals surface area contributed by atoms with E-state index in [1.165, 1.54) is 5.57 Å². The fourth-order valence-corrected chi connectivity index (χ4v) is 10.8. The van der Waals surface area contributed by atoms with Crippen molar-refractivity contribution >= 4 is 11.8 Å². The summed E-state index contributed by atoms with van der Waals surface area (Å²) < 4.78 is 0. The molecule has 190 valence electrons. The summed E-state index contributed by atoms with van der Waals surface area (Å²) in [6.45, 7) is 16.1. The minimum atomic E-state index is -0.865. The van der Waals surface area contributed by atoms with Crippen molar-refractivity contribution in [3.8, 4) is 0 Å². The summed E-state index contributed by atoms with van der Waals surface area (Å²) in [4.78, 5) is 25.9. The number of carbonyl (C=O) groups excluding carboxylic acids is 1. The molecule has 0 spiro atoms. The summed E-state index contributed by atoms with van der Waals surface area (Å²) in [7, 11) is 0. The SMILES string of the molecule is C[C@H]1[C@H](C)CC[C@]2(C(=O)O)CC[C@]3(C)C(=CC[C@@H]4[C@@]5(C)CC(=O)C(O)C(C)(C)C5CC[C@]43C)[C@H]12. The van der Waals surface area contributed by atoms with E-state index in [9.17, 15) is 19.8 Å². The molecule has 5 rings (SSSR count). The minimum absolute atomic E-state index is 0.0104. The van der Waals surface area contributed by atoms with Crippen molar-refractivity contribution in [1.29, 1.82) is 0 Å². The predicted molar refractivity (Wildman–Crippen MR) is 133 cm³/mol. The van der Waals surface area contributed by atoms with Gasteiger partial charge in [0.1, 0.15) is 6.10 Å². The van der Waals surface area contributed by atoms with Crippen molar-refractivity contribution in [2.45, 2.75) is 106 Å². The van der Waals surface area contributed by atoms with Crippen LogP contribution in [0.5, 0.6) is 0 Å². The summed E-state index contributed by atoms with van der Waals surface area (Å²) >= 11 is 0. The topological polar surface area (TPSA) is 74.6 Å². The highest BCUT2D eigenvalue weighted by molar-refractivity contribution is 5.85. The number of carboxylic acids is 1. The third-order valence-corrected chi connectivity index (χ3v) is 13.1. The van der Waals surface area contributed by atoms with Gasteiger partial charge in [-0.25, -0.2) is 0 Å². The third-order valence-electron chi connectivity index (χ3n) is 13.1. The molecule has 0 heterocycles. The van der Waals surface area contributed by atoms with E-state index in [1.54, 1.807) is 0 Å². The van der Waals surface area contributed by atoms with Crippen LogP contribution in [0.4, 0.5) is 0 Å². The highest BCUT2D eigenvalue weighted by atomic mass is 16.4. The van der Waals surface area contributed by atoms with Gasteiger partial charge >= 0.3 is 5.97 Å². The normalized spacial score (nSPS) is 54.1. The summed E-state index contributed by atoms with van der Waals surface area (Å²) in [5.74, 6) is 1.14. The lowest BCUT2D eigenvalue weighted by molar-refractivity contribution is -0.205. The average Bonchev–Trinajstić information content (AvgIpc) is 2.75. The Morgan fingerprint density at radius 1 is 0.971 bits per heavy atom. The Morgan fingerprint density at radius 2 is 1.65 bits per heavy atom. The largest absolute Gasteiger partial charge is 0.481 e. The monoisotopic (exact) mass is 470 g/mol. The Balaban J connectivity index is 1.63. The molecule has 4 fully saturated rings. The van der Waals surface area contributed by atoms with Crippen LogP contribution in [-0.4, -0.2) is 28.1 Å². The zero-order chi connectivity index (χ0) is 25.1. The van der Waals surface area contributed by atoms with E-state index in [2.05, 4.69) is 54.5 Å². The number of aliphatic carboxylic acids is 1. The number of aliphatic hydroxyl groups is 1. The second kappa shape index (κ2) is 7.20. The molecule has 0 aromatic carbocycles. The Kier molecular flexibility index (Phi) is 5.20. The number of hydrogen-bond acceptors (Lipinski definition) is 3. The first kappa shape index (κ1) is 24.5. The first-order valence-electron chi connectivity index (χ1n) is 13.8. The maximum absolute atomic E-state index is 13.1. The summed E-state index contributed by atoms with van der Waals surface area (Å²) in [6, 6.07) is 0. The summed E-state index contributed by atoms with van der Waals surface area (Å²) in [5, 5.41) is 21.3. The standard InChI is InChI=1S/C30H46O4/c1-17-10-13-30(25(33)34)15-14-28(6)19(23(30)18(17)2)8-9-22-27(5)16-20(31)24(32)26(3,4)21(27)11-12-29(22,28)7/h8,17-18,21-24,32H,9-16H2,1-7H3,(H,33,34)/t17-,18+,21?,22-,23+,24?,27+,28-,29-,30+/m1/s1. The van der Waals surface area contributed by atoms with Gasteiger partial charge in [-0.1, -0.05) is 60.1 Å². The fraction of sp³-hybridized carbons (Fsp3) is 0.867. The Hall–Kier alpha value is -1.16. The van der Waals surface area contributed by atoms with Crippen LogP contribution in [0.25, 0.3) is 0 Å². The van der Waals surface area contributed by atoms with E-state index in [-0.39, 0.29) is 27.9 Å². The molecule has 0 aliphatic heterocycles. The number of Topliss-reactive ketones (excluding diaryl/α,β-unsaturated/α-hetero) is 1. The van der Waals surface area contributed by atoms with E-state index < -0.39 is 22.9 Å². The van der Waals surface area contributed by atoms with Crippen LogP contribution < -0.4 is 0 Å². The van der Waals surface area contributed by atoms with Gasteiger partial charge in [-0.05, 0) is 90.8 Å². The molecule has 2 N–H and O–H groups in total. The summed E-state index contributed by atoms with van der Waals surface area (Å²) in [6.07, 6.45) is 8.62. The first-order chi connectivity index (χ1) is 15.7. The van der Waals surface area contributed by atoms with Gasteiger partial charge in [0.15, 0.2) is 5.78 Å². The molecule has 34 heavy (non-hydrogen) atoms. The number of allylic oxidation sites excluding steroid dienone is 2. The molecule has 0 aromatic rings. The van der Waals surface area contributed by atoms with Crippen molar-refractivity contribution in [2.24, 2.45) is 56.7 Å². The van der Waals surface area contributed by atoms with Gasteiger partial charge in [0, 0.05) is 11.8 Å². The number of aliphatic hydroxyl groups excluding tert-OH is 1. The number of hydrogen-bond donors (Lipinski definition) is 2.